The average Bonchev–Trinajstić information content (AvgIpc) is 3.18. The largest absolute Gasteiger partial charge is 0.496 e. The van der Waals surface area contributed by atoms with Gasteiger partial charge in [0.1, 0.15) is 10.4 Å². The molecular weight excluding hydrogens is 398 g/mol. The Morgan fingerprint density at radius 2 is 2.11 bits per heavy atom. The molecular formula is C19H21N3O4S2. The van der Waals surface area contributed by atoms with Crippen molar-refractivity contribution >= 4 is 39.2 Å². The molecule has 3 rings (SSSR count). The molecule has 3 aromatic rings. The molecule has 0 spiro atoms. The summed E-state index contributed by atoms with van der Waals surface area (Å²) in [7, 11) is 3.18. The van der Waals surface area contributed by atoms with E-state index in [2.05, 4.69) is 10.3 Å². The van der Waals surface area contributed by atoms with E-state index in [0.29, 0.717) is 40.8 Å². The molecule has 2 aromatic heterocycles. The first-order valence-corrected chi connectivity index (χ1v) is 10.5. The van der Waals surface area contributed by atoms with Crippen molar-refractivity contribution in [2.75, 3.05) is 33.1 Å². The van der Waals surface area contributed by atoms with Crippen LogP contribution in [0.2, 0.25) is 0 Å². The van der Waals surface area contributed by atoms with Gasteiger partial charge in [-0.15, -0.1) is 11.3 Å². The minimum Gasteiger partial charge on any atom is -0.496 e. The third-order valence-electron chi connectivity index (χ3n) is 4.01. The van der Waals surface area contributed by atoms with Gasteiger partial charge in [-0.3, -0.25) is 14.2 Å². The Morgan fingerprint density at radius 1 is 1.29 bits per heavy atom. The highest BCUT2D eigenvalue weighted by atomic mass is 32.2. The Bertz CT molecular complexity index is 1020. The second-order valence-corrected chi connectivity index (χ2v) is 7.72. The maximum atomic E-state index is 13.0. The van der Waals surface area contributed by atoms with Crippen LogP contribution in [0.3, 0.4) is 0 Å². The number of fused-ring (bicyclic) bond motifs is 1. The zero-order valence-corrected chi connectivity index (χ0v) is 17.3. The van der Waals surface area contributed by atoms with E-state index in [4.69, 9.17) is 9.47 Å². The number of carbonyl (C=O) groups is 1. The lowest BCUT2D eigenvalue weighted by Gasteiger charge is -2.14. The van der Waals surface area contributed by atoms with E-state index < -0.39 is 0 Å². The van der Waals surface area contributed by atoms with Gasteiger partial charge in [0.25, 0.3) is 5.56 Å². The summed E-state index contributed by atoms with van der Waals surface area (Å²) in [5.41, 5.74) is 1.40. The minimum absolute atomic E-state index is 0.117. The van der Waals surface area contributed by atoms with Crippen molar-refractivity contribution in [1.29, 1.82) is 0 Å². The van der Waals surface area contributed by atoms with Crippen molar-refractivity contribution in [2.45, 2.75) is 11.7 Å². The number of para-hydroxylation sites is 1. The lowest BCUT2D eigenvalue weighted by atomic mass is 10.2. The standard InChI is InChI=1S/C19H21N3O4S2/c1-25-9-8-20-16(23)12-28-19-21-14-7-10-27-17(14)18(24)22(19)11-13-5-3-4-6-15(13)26-2/h3-7,10H,8-9,11-12H2,1-2H3,(H,20,23). The molecule has 148 valence electrons. The number of nitrogens with zero attached hydrogens (tertiary/aromatic N) is 2. The second kappa shape index (κ2) is 9.72. The molecule has 1 N–H and O–H groups in total. The molecule has 0 aliphatic rings. The maximum absolute atomic E-state index is 13.0. The number of methoxy groups -OCH3 is 2. The van der Waals surface area contributed by atoms with Crippen LogP contribution in [0.25, 0.3) is 10.2 Å². The van der Waals surface area contributed by atoms with Crippen molar-refractivity contribution in [2.24, 2.45) is 0 Å². The quantitative estimate of drug-likeness (QED) is 0.326. The summed E-state index contributed by atoms with van der Waals surface area (Å²) >= 11 is 2.61. The molecule has 0 bridgehead atoms. The summed E-state index contributed by atoms with van der Waals surface area (Å²) in [5, 5.41) is 5.12. The van der Waals surface area contributed by atoms with Crippen LogP contribution in [-0.2, 0) is 16.1 Å². The Labute approximate surface area is 170 Å². The number of carbonyl (C=O) groups excluding carboxylic acids is 1. The number of ether oxygens (including phenoxy) is 2. The van der Waals surface area contributed by atoms with Crippen molar-refractivity contribution in [3.8, 4) is 5.75 Å². The molecule has 1 aromatic carbocycles. The zero-order valence-electron chi connectivity index (χ0n) is 15.6. The minimum atomic E-state index is -0.134. The Balaban J connectivity index is 1.89. The highest BCUT2D eigenvalue weighted by Crippen LogP contribution is 2.24. The number of hydrogen-bond acceptors (Lipinski definition) is 7. The van der Waals surface area contributed by atoms with Crippen LogP contribution in [0.15, 0.2) is 45.7 Å². The fourth-order valence-corrected chi connectivity index (χ4v) is 4.26. The first-order chi connectivity index (χ1) is 13.6. The molecule has 0 saturated carbocycles. The van der Waals surface area contributed by atoms with E-state index >= 15 is 0 Å². The van der Waals surface area contributed by atoms with Crippen LogP contribution >= 0.6 is 23.1 Å². The first kappa shape index (κ1) is 20.4. The highest BCUT2D eigenvalue weighted by Gasteiger charge is 2.16. The number of nitrogens with one attached hydrogen (secondary N) is 1. The van der Waals surface area contributed by atoms with Crippen molar-refractivity contribution in [3.05, 3.63) is 51.6 Å². The van der Waals surface area contributed by atoms with Crippen molar-refractivity contribution < 1.29 is 14.3 Å². The summed E-state index contributed by atoms with van der Waals surface area (Å²) in [6.07, 6.45) is 0. The predicted molar refractivity (Wildman–Crippen MR) is 112 cm³/mol. The molecule has 28 heavy (non-hydrogen) atoms. The monoisotopic (exact) mass is 419 g/mol. The number of amides is 1. The highest BCUT2D eigenvalue weighted by molar-refractivity contribution is 7.99. The molecule has 0 unspecified atom stereocenters. The van der Waals surface area contributed by atoms with Gasteiger partial charge in [0.15, 0.2) is 5.16 Å². The molecule has 1 amide bonds. The van der Waals surface area contributed by atoms with Gasteiger partial charge < -0.3 is 14.8 Å². The molecule has 0 fully saturated rings. The van der Waals surface area contributed by atoms with Gasteiger partial charge in [0, 0.05) is 19.2 Å². The van der Waals surface area contributed by atoms with E-state index in [-0.39, 0.29) is 17.2 Å². The number of benzene rings is 1. The lowest BCUT2D eigenvalue weighted by molar-refractivity contribution is -0.118. The summed E-state index contributed by atoms with van der Waals surface area (Å²) in [5.74, 6) is 0.733. The van der Waals surface area contributed by atoms with E-state index in [9.17, 15) is 9.59 Å². The summed E-state index contributed by atoms with van der Waals surface area (Å²) < 4.78 is 12.5. The van der Waals surface area contributed by atoms with Crippen LogP contribution in [0.4, 0.5) is 0 Å². The van der Waals surface area contributed by atoms with Gasteiger partial charge in [-0.1, -0.05) is 30.0 Å². The molecule has 0 aliphatic heterocycles. The molecule has 0 aliphatic carbocycles. The van der Waals surface area contributed by atoms with Gasteiger partial charge in [0.2, 0.25) is 5.91 Å². The van der Waals surface area contributed by atoms with Crippen LogP contribution < -0.4 is 15.6 Å². The molecule has 7 nitrogen and oxygen atoms in total. The SMILES string of the molecule is COCCNC(=O)CSc1nc2ccsc2c(=O)n1Cc1ccccc1OC. The summed E-state index contributed by atoms with van der Waals surface area (Å²) in [6, 6.07) is 9.36. The van der Waals surface area contributed by atoms with Crippen LogP contribution in [0.5, 0.6) is 5.75 Å². The molecule has 0 atom stereocenters. The van der Waals surface area contributed by atoms with E-state index in [1.165, 1.54) is 23.1 Å². The van der Waals surface area contributed by atoms with Gasteiger partial charge >= 0.3 is 0 Å². The number of hydrogen-bond donors (Lipinski definition) is 1. The van der Waals surface area contributed by atoms with E-state index in [1.807, 2.05) is 35.7 Å². The summed E-state index contributed by atoms with van der Waals surface area (Å²) in [4.78, 5) is 29.7. The number of thiophene rings is 1. The zero-order chi connectivity index (χ0) is 19.9. The molecule has 0 saturated heterocycles. The van der Waals surface area contributed by atoms with Gasteiger partial charge in [-0.2, -0.15) is 0 Å². The van der Waals surface area contributed by atoms with Crippen molar-refractivity contribution in [3.63, 3.8) is 0 Å². The maximum Gasteiger partial charge on any atom is 0.272 e. The van der Waals surface area contributed by atoms with Gasteiger partial charge in [-0.25, -0.2) is 4.98 Å². The number of rotatable bonds is 9. The fraction of sp³-hybridized carbons (Fsp3) is 0.316. The third-order valence-corrected chi connectivity index (χ3v) is 5.88. The predicted octanol–water partition coefficient (Wildman–Crippen LogP) is 2.37. The topological polar surface area (TPSA) is 82.5 Å². The third kappa shape index (κ3) is 4.73. The first-order valence-electron chi connectivity index (χ1n) is 8.62. The van der Waals surface area contributed by atoms with Crippen LogP contribution in [0, 0.1) is 0 Å². The number of thioether (sulfide) groups is 1. The van der Waals surface area contributed by atoms with Gasteiger partial charge in [-0.05, 0) is 17.5 Å². The van der Waals surface area contributed by atoms with E-state index in [0.717, 1.165) is 5.56 Å². The molecule has 2 heterocycles. The second-order valence-electron chi connectivity index (χ2n) is 5.86. The van der Waals surface area contributed by atoms with Gasteiger partial charge in [0.05, 0.1) is 31.5 Å². The van der Waals surface area contributed by atoms with E-state index in [1.54, 1.807) is 18.8 Å². The summed E-state index contributed by atoms with van der Waals surface area (Å²) in [6.45, 7) is 1.21. The Kier molecular flexibility index (Phi) is 7.07. The average molecular weight is 420 g/mol. The number of aromatic nitrogens is 2. The lowest BCUT2D eigenvalue weighted by Crippen LogP contribution is -2.29. The Hall–Kier alpha value is -2.36. The Morgan fingerprint density at radius 3 is 2.89 bits per heavy atom. The van der Waals surface area contributed by atoms with Crippen LogP contribution in [0.1, 0.15) is 5.56 Å². The fourth-order valence-electron chi connectivity index (χ4n) is 2.65. The smallest absolute Gasteiger partial charge is 0.272 e. The normalized spacial score (nSPS) is 10.9. The van der Waals surface area contributed by atoms with Crippen molar-refractivity contribution in [1.82, 2.24) is 14.9 Å². The molecule has 0 radical (unpaired) electrons. The van der Waals surface area contributed by atoms with Crippen LogP contribution in [-0.4, -0.2) is 48.6 Å². The molecule has 9 heteroatoms.